The highest BCUT2D eigenvalue weighted by Gasteiger charge is 2.11. The van der Waals surface area contributed by atoms with Gasteiger partial charge >= 0.3 is 0 Å². The predicted octanol–water partition coefficient (Wildman–Crippen LogP) is 3.84. The summed E-state index contributed by atoms with van der Waals surface area (Å²) in [6, 6.07) is 2.87. The van der Waals surface area contributed by atoms with Crippen molar-refractivity contribution >= 4 is 44.8 Å². The molecule has 0 aromatic heterocycles. The Morgan fingerprint density at radius 3 is 2.79 bits per heavy atom. The van der Waals surface area contributed by atoms with E-state index in [1.54, 1.807) is 6.07 Å². The van der Waals surface area contributed by atoms with Gasteiger partial charge in [0.15, 0.2) is 5.05 Å². The van der Waals surface area contributed by atoms with Gasteiger partial charge in [-0.25, -0.2) is 4.39 Å². The summed E-state index contributed by atoms with van der Waals surface area (Å²) in [7, 11) is 0. The number of anilines is 1. The standard InChI is InChI=1S/C13H15BrFNO2S/c1-3-4-18-13(19)6-9-5-12(16-8(2)17)11(15)7-10(9)14/h5,7H,3-4,6H2,1-2H3,(H,16,17). The number of rotatable bonds is 5. The molecular weight excluding hydrogens is 333 g/mol. The second kappa shape index (κ2) is 7.55. The van der Waals surface area contributed by atoms with Crippen LogP contribution in [0.4, 0.5) is 10.1 Å². The largest absolute Gasteiger partial charge is 0.487 e. The molecule has 0 radical (unpaired) electrons. The molecule has 0 bridgehead atoms. The van der Waals surface area contributed by atoms with E-state index in [0.29, 0.717) is 22.6 Å². The lowest BCUT2D eigenvalue weighted by molar-refractivity contribution is -0.114. The fourth-order valence-electron chi connectivity index (χ4n) is 1.44. The molecule has 0 heterocycles. The highest BCUT2D eigenvalue weighted by molar-refractivity contribution is 9.10. The maximum absolute atomic E-state index is 13.6. The zero-order chi connectivity index (χ0) is 14.4. The second-order valence-corrected chi connectivity index (χ2v) is 5.31. The van der Waals surface area contributed by atoms with Gasteiger partial charge < -0.3 is 10.1 Å². The van der Waals surface area contributed by atoms with Crippen molar-refractivity contribution in [1.29, 1.82) is 0 Å². The number of hydrogen-bond donors (Lipinski definition) is 1. The van der Waals surface area contributed by atoms with Crippen LogP contribution in [0.1, 0.15) is 25.8 Å². The van der Waals surface area contributed by atoms with Crippen LogP contribution in [0.2, 0.25) is 0 Å². The third-order valence-corrected chi connectivity index (χ3v) is 3.25. The van der Waals surface area contributed by atoms with Crippen LogP contribution in [0, 0.1) is 5.82 Å². The molecule has 0 unspecified atom stereocenters. The molecule has 104 valence electrons. The van der Waals surface area contributed by atoms with E-state index in [4.69, 9.17) is 17.0 Å². The highest BCUT2D eigenvalue weighted by Crippen LogP contribution is 2.25. The third kappa shape index (κ3) is 5.24. The summed E-state index contributed by atoms with van der Waals surface area (Å²) in [5, 5.41) is 2.89. The quantitative estimate of drug-likeness (QED) is 0.822. The Kier molecular flexibility index (Phi) is 6.37. The molecule has 0 atom stereocenters. The van der Waals surface area contributed by atoms with Crippen molar-refractivity contribution in [2.75, 3.05) is 11.9 Å². The monoisotopic (exact) mass is 347 g/mol. The Morgan fingerprint density at radius 2 is 2.21 bits per heavy atom. The van der Waals surface area contributed by atoms with Crippen molar-refractivity contribution in [2.24, 2.45) is 0 Å². The van der Waals surface area contributed by atoms with Crippen LogP contribution in [0.25, 0.3) is 0 Å². The minimum Gasteiger partial charge on any atom is -0.487 e. The van der Waals surface area contributed by atoms with Gasteiger partial charge in [0.1, 0.15) is 5.82 Å². The van der Waals surface area contributed by atoms with Crippen LogP contribution in [0.15, 0.2) is 16.6 Å². The average Bonchev–Trinajstić information content (AvgIpc) is 2.32. The van der Waals surface area contributed by atoms with E-state index in [1.807, 2.05) is 6.92 Å². The summed E-state index contributed by atoms with van der Waals surface area (Å²) in [6.07, 6.45) is 1.27. The molecular formula is C13H15BrFNO2S. The lowest BCUT2D eigenvalue weighted by atomic mass is 10.1. The molecule has 0 spiro atoms. The molecule has 1 N–H and O–H groups in total. The molecule has 1 amide bonds. The molecule has 1 rings (SSSR count). The first-order chi connectivity index (χ1) is 8.93. The van der Waals surface area contributed by atoms with Crippen molar-refractivity contribution in [3.8, 4) is 0 Å². The molecule has 0 fully saturated rings. The van der Waals surface area contributed by atoms with Crippen molar-refractivity contribution < 1.29 is 13.9 Å². The lowest BCUT2D eigenvalue weighted by Gasteiger charge is -2.11. The number of hydrogen-bond acceptors (Lipinski definition) is 3. The number of carbonyl (C=O) groups is 1. The highest BCUT2D eigenvalue weighted by atomic mass is 79.9. The number of benzene rings is 1. The Bertz CT molecular complexity index is 494. The Balaban J connectivity index is 2.88. The van der Waals surface area contributed by atoms with Gasteiger partial charge in [0.25, 0.3) is 0 Å². The Labute approximate surface area is 125 Å². The Hall–Kier alpha value is -1.01. The van der Waals surface area contributed by atoms with E-state index in [9.17, 15) is 9.18 Å². The minimum absolute atomic E-state index is 0.143. The molecule has 0 aliphatic heterocycles. The lowest BCUT2D eigenvalue weighted by Crippen LogP contribution is -2.10. The number of carbonyl (C=O) groups excluding carboxylic acids is 1. The van der Waals surface area contributed by atoms with Gasteiger partial charge in [0.2, 0.25) is 5.91 Å². The summed E-state index contributed by atoms with van der Waals surface area (Å²) in [5.41, 5.74) is 0.912. The van der Waals surface area contributed by atoms with E-state index in [2.05, 4.69) is 21.2 Å². The number of halogens is 2. The molecule has 19 heavy (non-hydrogen) atoms. The summed E-state index contributed by atoms with van der Waals surface area (Å²) < 4.78 is 19.6. The van der Waals surface area contributed by atoms with Crippen molar-refractivity contribution in [1.82, 2.24) is 0 Å². The summed E-state index contributed by atoms with van der Waals surface area (Å²) in [5.74, 6) is -0.816. The van der Waals surface area contributed by atoms with Crippen LogP contribution in [0.5, 0.6) is 0 Å². The van der Waals surface area contributed by atoms with Crippen LogP contribution < -0.4 is 5.32 Å². The van der Waals surface area contributed by atoms with Crippen molar-refractivity contribution in [3.63, 3.8) is 0 Å². The van der Waals surface area contributed by atoms with Gasteiger partial charge in [-0.3, -0.25) is 4.79 Å². The SMILES string of the molecule is CCCOC(=S)Cc1cc(NC(C)=O)c(F)cc1Br. The van der Waals surface area contributed by atoms with Crippen LogP contribution in [-0.2, 0) is 16.0 Å². The number of thiocarbonyl (C=S) groups is 1. The number of nitrogens with one attached hydrogen (secondary N) is 1. The topological polar surface area (TPSA) is 38.3 Å². The first-order valence-electron chi connectivity index (χ1n) is 5.85. The minimum atomic E-state index is -0.494. The van der Waals surface area contributed by atoms with Gasteiger partial charge in [-0.1, -0.05) is 22.9 Å². The summed E-state index contributed by atoms with van der Waals surface area (Å²) >= 11 is 8.38. The van der Waals surface area contributed by atoms with E-state index >= 15 is 0 Å². The smallest absolute Gasteiger partial charge is 0.221 e. The van der Waals surface area contributed by atoms with E-state index < -0.39 is 5.82 Å². The fourth-order valence-corrected chi connectivity index (χ4v) is 2.13. The summed E-state index contributed by atoms with van der Waals surface area (Å²) in [6.45, 7) is 3.89. The van der Waals surface area contributed by atoms with E-state index in [0.717, 1.165) is 12.0 Å². The van der Waals surface area contributed by atoms with Crippen molar-refractivity contribution in [3.05, 3.63) is 28.0 Å². The maximum Gasteiger partial charge on any atom is 0.221 e. The Morgan fingerprint density at radius 1 is 1.53 bits per heavy atom. The number of amides is 1. The van der Waals surface area contributed by atoms with E-state index in [-0.39, 0.29) is 11.6 Å². The fraction of sp³-hybridized carbons (Fsp3) is 0.385. The van der Waals surface area contributed by atoms with Gasteiger partial charge in [-0.2, -0.15) is 0 Å². The maximum atomic E-state index is 13.6. The number of ether oxygens (including phenoxy) is 1. The van der Waals surface area contributed by atoms with Crippen LogP contribution >= 0.6 is 28.1 Å². The van der Waals surface area contributed by atoms with Crippen molar-refractivity contribution in [2.45, 2.75) is 26.7 Å². The first kappa shape index (κ1) is 16.0. The second-order valence-electron chi connectivity index (χ2n) is 4.00. The molecule has 0 aliphatic carbocycles. The average molecular weight is 348 g/mol. The normalized spacial score (nSPS) is 10.1. The molecule has 0 saturated heterocycles. The van der Waals surface area contributed by atoms with Gasteiger partial charge in [-0.05, 0) is 36.3 Å². The molecule has 1 aromatic carbocycles. The zero-order valence-electron chi connectivity index (χ0n) is 10.8. The van der Waals surface area contributed by atoms with Gasteiger partial charge in [-0.15, -0.1) is 0 Å². The van der Waals surface area contributed by atoms with Gasteiger partial charge in [0, 0.05) is 17.8 Å². The predicted molar refractivity (Wildman–Crippen MR) is 80.9 cm³/mol. The zero-order valence-corrected chi connectivity index (χ0v) is 13.2. The molecule has 0 aliphatic rings. The van der Waals surface area contributed by atoms with Crippen LogP contribution in [-0.4, -0.2) is 17.6 Å². The third-order valence-electron chi connectivity index (χ3n) is 2.25. The summed E-state index contributed by atoms with van der Waals surface area (Å²) in [4.78, 5) is 11.0. The molecule has 6 heteroatoms. The van der Waals surface area contributed by atoms with Crippen LogP contribution in [0.3, 0.4) is 0 Å². The first-order valence-corrected chi connectivity index (χ1v) is 7.05. The molecule has 3 nitrogen and oxygen atoms in total. The van der Waals surface area contributed by atoms with Gasteiger partial charge in [0.05, 0.1) is 12.3 Å². The molecule has 0 saturated carbocycles. The molecule has 1 aromatic rings. The van der Waals surface area contributed by atoms with E-state index in [1.165, 1.54) is 13.0 Å².